The largest absolute Gasteiger partial charge is 0.496 e. The van der Waals surface area contributed by atoms with E-state index in [-0.39, 0.29) is 11.8 Å². The summed E-state index contributed by atoms with van der Waals surface area (Å²) < 4.78 is 46.3. The highest BCUT2D eigenvalue weighted by Gasteiger charge is 2.51. The van der Waals surface area contributed by atoms with Crippen LogP contribution < -0.4 is 14.8 Å². The average Bonchev–Trinajstić information content (AvgIpc) is 3.43. The molecule has 0 radical (unpaired) electrons. The first-order chi connectivity index (χ1) is 12.7. The van der Waals surface area contributed by atoms with Crippen molar-refractivity contribution in [3.63, 3.8) is 0 Å². The van der Waals surface area contributed by atoms with Crippen molar-refractivity contribution in [1.29, 1.82) is 0 Å². The highest BCUT2D eigenvalue weighted by molar-refractivity contribution is 6.01. The minimum Gasteiger partial charge on any atom is -0.496 e. The number of methoxy groups -OCH3 is 1. The number of aryl methyl sites for hydroxylation is 1. The van der Waals surface area contributed by atoms with Gasteiger partial charge in [0.1, 0.15) is 5.75 Å². The Kier molecular flexibility index (Phi) is 4.99. The number of halogens is 3. The van der Waals surface area contributed by atoms with E-state index >= 15 is 0 Å². The molecule has 0 aliphatic heterocycles. The topological polar surface area (TPSA) is 60.5 Å². The third-order valence-electron chi connectivity index (χ3n) is 4.52. The number of amides is 1. The number of pyridine rings is 1. The van der Waals surface area contributed by atoms with Crippen LogP contribution >= 0.6 is 0 Å². The van der Waals surface area contributed by atoms with E-state index < -0.39 is 18.2 Å². The van der Waals surface area contributed by atoms with Crippen molar-refractivity contribution in [1.82, 2.24) is 4.98 Å². The quantitative estimate of drug-likeness (QED) is 0.823. The van der Waals surface area contributed by atoms with E-state index in [4.69, 9.17) is 4.74 Å². The molecule has 1 heterocycles. The molecule has 1 N–H and O–H groups in total. The number of benzene rings is 1. The van der Waals surface area contributed by atoms with Crippen molar-refractivity contribution in [2.45, 2.75) is 31.4 Å². The average molecular weight is 380 g/mol. The van der Waals surface area contributed by atoms with Crippen LogP contribution in [-0.4, -0.2) is 30.8 Å². The summed E-state index contributed by atoms with van der Waals surface area (Å²) in [4.78, 5) is 16.6. The normalized spacial score (nSPS) is 15.1. The van der Waals surface area contributed by atoms with Gasteiger partial charge in [0.15, 0.2) is 6.61 Å². The highest BCUT2D eigenvalue weighted by atomic mass is 19.4. The zero-order valence-corrected chi connectivity index (χ0v) is 14.9. The smallest absolute Gasteiger partial charge is 0.422 e. The van der Waals surface area contributed by atoms with E-state index in [1.807, 2.05) is 25.1 Å². The van der Waals surface area contributed by atoms with Crippen LogP contribution in [0.3, 0.4) is 0 Å². The summed E-state index contributed by atoms with van der Waals surface area (Å²) in [5, 5.41) is 2.77. The van der Waals surface area contributed by atoms with Crippen molar-refractivity contribution >= 4 is 11.6 Å². The molecule has 0 unspecified atom stereocenters. The lowest BCUT2D eigenvalue weighted by molar-refractivity contribution is -0.154. The number of hydrogen-bond donors (Lipinski definition) is 1. The van der Waals surface area contributed by atoms with Gasteiger partial charge in [-0.05, 0) is 43.0 Å². The van der Waals surface area contributed by atoms with Gasteiger partial charge in [-0.2, -0.15) is 13.2 Å². The Hall–Kier alpha value is -2.77. The first-order valence-corrected chi connectivity index (χ1v) is 8.36. The Bertz CT molecular complexity index is 831. The Morgan fingerprint density at radius 2 is 2.00 bits per heavy atom. The number of alkyl halides is 3. The van der Waals surface area contributed by atoms with Crippen LogP contribution in [0.2, 0.25) is 0 Å². The SMILES string of the molecule is COc1cc(C2(C(=O)Nc3ccc(OCC(F)(F)F)nc3)CC2)ccc1C. The van der Waals surface area contributed by atoms with E-state index in [0.29, 0.717) is 18.5 Å². The maximum atomic E-state index is 12.8. The Labute approximate surface area is 154 Å². The molecule has 2 aromatic rings. The van der Waals surface area contributed by atoms with E-state index in [9.17, 15) is 18.0 Å². The van der Waals surface area contributed by atoms with Crippen LogP contribution in [0.4, 0.5) is 18.9 Å². The highest BCUT2D eigenvalue weighted by Crippen LogP contribution is 2.50. The number of carbonyl (C=O) groups excluding carboxylic acids is 1. The van der Waals surface area contributed by atoms with Crippen LogP contribution in [0.25, 0.3) is 0 Å². The number of carbonyl (C=O) groups is 1. The van der Waals surface area contributed by atoms with Crippen LogP contribution in [0.15, 0.2) is 36.5 Å². The summed E-state index contributed by atoms with van der Waals surface area (Å²) >= 11 is 0. The number of aromatic nitrogens is 1. The Balaban J connectivity index is 1.68. The van der Waals surface area contributed by atoms with E-state index in [1.165, 1.54) is 18.3 Å². The molecular weight excluding hydrogens is 361 g/mol. The van der Waals surface area contributed by atoms with E-state index in [0.717, 1.165) is 16.9 Å². The van der Waals surface area contributed by atoms with Crippen LogP contribution in [0.1, 0.15) is 24.0 Å². The number of hydrogen-bond acceptors (Lipinski definition) is 4. The van der Waals surface area contributed by atoms with Crippen molar-refractivity contribution in [3.05, 3.63) is 47.7 Å². The number of ether oxygens (including phenoxy) is 2. The summed E-state index contributed by atoms with van der Waals surface area (Å²) in [7, 11) is 1.58. The van der Waals surface area contributed by atoms with Gasteiger partial charge in [0.25, 0.3) is 0 Å². The first-order valence-electron chi connectivity index (χ1n) is 8.36. The second-order valence-corrected chi connectivity index (χ2v) is 6.51. The minimum atomic E-state index is -4.43. The zero-order valence-electron chi connectivity index (χ0n) is 14.9. The van der Waals surface area contributed by atoms with Crippen molar-refractivity contribution in [2.75, 3.05) is 19.0 Å². The molecule has 1 aromatic carbocycles. The molecule has 1 saturated carbocycles. The predicted molar refractivity (Wildman–Crippen MR) is 93.1 cm³/mol. The van der Waals surface area contributed by atoms with Gasteiger partial charge >= 0.3 is 6.18 Å². The van der Waals surface area contributed by atoms with Crippen LogP contribution in [0, 0.1) is 6.92 Å². The van der Waals surface area contributed by atoms with E-state index in [1.54, 1.807) is 7.11 Å². The fraction of sp³-hybridized carbons (Fsp3) is 0.368. The van der Waals surface area contributed by atoms with Gasteiger partial charge < -0.3 is 14.8 Å². The molecule has 0 atom stereocenters. The molecule has 144 valence electrons. The summed E-state index contributed by atoms with van der Waals surface area (Å²) in [5.74, 6) is 0.383. The number of nitrogens with one attached hydrogen (secondary N) is 1. The van der Waals surface area contributed by atoms with Gasteiger partial charge in [-0.1, -0.05) is 12.1 Å². The number of nitrogens with zero attached hydrogens (tertiary/aromatic N) is 1. The molecule has 0 bridgehead atoms. The van der Waals surface area contributed by atoms with Crippen molar-refractivity contribution in [2.24, 2.45) is 0 Å². The van der Waals surface area contributed by atoms with Crippen LogP contribution in [0.5, 0.6) is 11.6 Å². The van der Waals surface area contributed by atoms with Gasteiger partial charge in [-0.3, -0.25) is 4.79 Å². The fourth-order valence-electron chi connectivity index (χ4n) is 2.84. The molecule has 0 saturated heterocycles. The molecule has 8 heteroatoms. The second kappa shape index (κ2) is 7.09. The van der Waals surface area contributed by atoms with E-state index in [2.05, 4.69) is 15.0 Å². The molecule has 0 spiro atoms. The molecule has 1 aromatic heterocycles. The number of rotatable bonds is 6. The third-order valence-corrected chi connectivity index (χ3v) is 4.52. The van der Waals surface area contributed by atoms with Crippen molar-refractivity contribution < 1.29 is 27.4 Å². The zero-order chi connectivity index (χ0) is 19.7. The monoisotopic (exact) mass is 380 g/mol. The first kappa shape index (κ1) is 19.0. The summed E-state index contributed by atoms with van der Waals surface area (Å²) in [6.07, 6.45) is -1.73. The Morgan fingerprint density at radius 3 is 2.56 bits per heavy atom. The predicted octanol–water partition coefficient (Wildman–Crippen LogP) is 4.01. The minimum absolute atomic E-state index is 0.158. The molecule has 1 fully saturated rings. The molecule has 1 amide bonds. The van der Waals surface area contributed by atoms with Gasteiger partial charge in [0.2, 0.25) is 11.8 Å². The van der Waals surface area contributed by atoms with Gasteiger partial charge in [-0.15, -0.1) is 0 Å². The van der Waals surface area contributed by atoms with Gasteiger partial charge in [0.05, 0.1) is 24.4 Å². The van der Waals surface area contributed by atoms with Gasteiger partial charge in [0, 0.05) is 6.07 Å². The molecule has 5 nitrogen and oxygen atoms in total. The lowest BCUT2D eigenvalue weighted by Crippen LogP contribution is -2.28. The lowest BCUT2D eigenvalue weighted by atomic mass is 9.93. The molecule has 3 rings (SSSR count). The molecule has 1 aliphatic carbocycles. The van der Waals surface area contributed by atoms with Crippen molar-refractivity contribution in [3.8, 4) is 11.6 Å². The molecule has 1 aliphatic rings. The standard InChI is InChI=1S/C19H19F3N2O3/c1-12-3-4-13(9-15(12)26-2)18(7-8-18)17(25)24-14-5-6-16(23-10-14)27-11-19(20,21)22/h3-6,9-10H,7-8,11H2,1-2H3,(H,24,25). The maximum Gasteiger partial charge on any atom is 0.422 e. The molecule has 27 heavy (non-hydrogen) atoms. The lowest BCUT2D eigenvalue weighted by Gasteiger charge is -2.17. The number of anilines is 1. The van der Waals surface area contributed by atoms with Crippen LogP contribution in [-0.2, 0) is 10.2 Å². The van der Waals surface area contributed by atoms with Gasteiger partial charge in [-0.25, -0.2) is 4.98 Å². The second-order valence-electron chi connectivity index (χ2n) is 6.51. The summed E-state index contributed by atoms with van der Waals surface area (Å²) in [6, 6.07) is 8.44. The molecular formula is C19H19F3N2O3. The summed E-state index contributed by atoms with van der Waals surface area (Å²) in [5.41, 5.74) is 1.63. The fourth-order valence-corrected chi connectivity index (χ4v) is 2.84. The summed E-state index contributed by atoms with van der Waals surface area (Å²) in [6.45, 7) is 0.514. The maximum absolute atomic E-state index is 12.8. The Morgan fingerprint density at radius 1 is 1.26 bits per heavy atom. The third kappa shape index (κ3) is 4.32.